The molecule has 108 valence electrons. The van der Waals surface area contributed by atoms with Gasteiger partial charge in [0.1, 0.15) is 6.33 Å². The highest BCUT2D eigenvalue weighted by molar-refractivity contribution is 5.24. The molecule has 0 atom stereocenters. The second kappa shape index (κ2) is 4.96. The molecule has 2 aromatic heterocycles. The molecule has 3 aromatic rings. The van der Waals surface area contributed by atoms with Crippen molar-refractivity contribution in [3.05, 3.63) is 53.5 Å². The van der Waals surface area contributed by atoms with Gasteiger partial charge >= 0.3 is 0 Å². The molecule has 0 fully saturated rings. The number of aromatic nitrogens is 6. The topological polar surface area (TPSA) is 61.4 Å². The van der Waals surface area contributed by atoms with E-state index in [1.165, 1.54) is 23.3 Å². The fraction of sp³-hybridized carbons (Fsp3) is 0.0909. The zero-order valence-electron chi connectivity index (χ0n) is 10.2. The Morgan fingerprint density at radius 1 is 1.05 bits per heavy atom. The minimum atomic E-state index is -1.46. The average Bonchev–Trinajstić information content (AvgIpc) is 3.12. The van der Waals surface area contributed by atoms with E-state index in [2.05, 4.69) is 20.6 Å². The highest BCUT2D eigenvalue weighted by atomic mass is 19.2. The summed E-state index contributed by atoms with van der Waals surface area (Å²) in [6, 6.07) is 1.63. The van der Waals surface area contributed by atoms with Crippen LogP contribution in [0.5, 0.6) is 0 Å². The lowest BCUT2D eigenvalue weighted by molar-refractivity contribution is 0.431. The SMILES string of the molecule is Fc1cc(F)c(F)c(Cn2ccc(-n3cnnn3)n2)c1F. The van der Waals surface area contributed by atoms with Crippen molar-refractivity contribution in [3.8, 4) is 5.82 Å². The lowest BCUT2D eigenvalue weighted by Gasteiger charge is -2.07. The summed E-state index contributed by atoms with van der Waals surface area (Å²) in [5.74, 6) is -5.53. The predicted octanol–water partition coefficient (Wildman–Crippen LogP) is 1.46. The molecule has 0 bridgehead atoms. The Hall–Kier alpha value is -2.78. The second-order valence-corrected chi connectivity index (χ2v) is 4.07. The van der Waals surface area contributed by atoms with Crippen molar-refractivity contribution < 1.29 is 17.6 Å². The van der Waals surface area contributed by atoms with Crippen molar-refractivity contribution in [2.45, 2.75) is 6.54 Å². The highest BCUT2D eigenvalue weighted by Gasteiger charge is 2.19. The molecule has 6 nitrogen and oxygen atoms in total. The van der Waals surface area contributed by atoms with Crippen molar-refractivity contribution in [2.75, 3.05) is 0 Å². The molecule has 1 aromatic carbocycles. The normalized spacial score (nSPS) is 11.0. The van der Waals surface area contributed by atoms with E-state index < -0.39 is 35.4 Å². The summed E-state index contributed by atoms with van der Waals surface area (Å²) in [5.41, 5.74) is -0.751. The molecule has 0 N–H and O–H groups in total. The van der Waals surface area contributed by atoms with Crippen molar-refractivity contribution in [1.82, 2.24) is 30.0 Å². The quantitative estimate of drug-likeness (QED) is 0.542. The lowest BCUT2D eigenvalue weighted by atomic mass is 10.2. The molecule has 2 heterocycles. The Morgan fingerprint density at radius 2 is 1.76 bits per heavy atom. The van der Waals surface area contributed by atoms with Crippen LogP contribution in [0.15, 0.2) is 24.7 Å². The van der Waals surface area contributed by atoms with E-state index in [9.17, 15) is 17.6 Å². The zero-order chi connectivity index (χ0) is 15.0. The van der Waals surface area contributed by atoms with Crippen LogP contribution < -0.4 is 0 Å². The lowest BCUT2D eigenvalue weighted by Crippen LogP contribution is -2.09. The number of benzene rings is 1. The Labute approximate surface area is 114 Å². The van der Waals surface area contributed by atoms with Crippen LogP contribution in [0.3, 0.4) is 0 Å². The van der Waals surface area contributed by atoms with E-state index in [0.29, 0.717) is 0 Å². The Balaban J connectivity index is 1.95. The van der Waals surface area contributed by atoms with Crippen LogP contribution in [0.4, 0.5) is 17.6 Å². The Kier molecular flexibility index (Phi) is 3.12. The van der Waals surface area contributed by atoms with Crippen LogP contribution in [0.25, 0.3) is 5.82 Å². The summed E-state index contributed by atoms with van der Waals surface area (Å²) < 4.78 is 55.6. The van der Waals surface area contributed by atoms with Gasteiger partial charge in [0, 0.05) is 18.3 Å². The third kappa shape index (κ3) is 2.35. The first-order chi connectivity index (χ1) is 10.1. The van der Waals surface area contributed by atoms with Crippen molar-refractivity contribution in [1.29, 1.82) is 0 Å². The van der Waals surface area contributed by atoms with Gasteiger partial charge < -0.3 is 0 Å². The summed E-state index contributed by atoms with van der Waals surface area (Å²) in [6.07, 6.45) is 2.65. The number of hydrogen-bond acceptors (Lipinski definition) is 4. The third-order valence-corrected chi connectivity index (χ3v) is 2.73. The van der Waals surface area contributed by atoms with E-state index in [0.717, 1.165) is 4.68 Å². The van der Waals surface area contributed by atoms with Gasteiger partial charge in [0.05, 0.1) is 12.1 Å². The number of rotatable bonds is 3. The van der Waals surface area contributed by atoms with Crippen LogP contribution in [-0.2, 0) is 6.54 Å². The summed E-state index contributed by atoms with van der Waals surface area (Å²) in [4.78, 5) is 0. The summed E-state index contributed by atoms with van der Waals surface area (Å²) >= 11 is 0. The van der Waals surface area contributed by atoms with Crippen molar-refractivity contribution >= 4 is 0 Å². The van der Waals surface area contributed by atoms with E-state index in [1.807, 2.05) is 0 Å². The minimum Gasteiger partial charge on any atom is -0.266 e. The molecule has 0 saturated heterocycles. The van der Waals surface area contributed by atoms with Crippen molar-refractivity contribution in [2.24, 2.45) is 0 Å². The van der Waals surface area contributed by atoms with Gasteiger partial charge in [-0.25, -0.2) is 17.6 Å². The number of nitrogens with zero attached hydrogens (tertiary/aromatic N) is 6. The molecule has 21 heavy (non-hydrogen) atoms. The van der Waals surface area contributed by atoms with Crippen LogP contribution in [0, 0.1) is 23.3 Å². The van der Waals surface area contributed by atoms with Crippen LogP contribution in [-0.4, -0.2) is 30.0 Å². The van der Waals surface area contributed by atoms with E-state index >= 15 is 0 Å². The maximum atomic E-state index is 13.5. The molecule has 0 saturated carbocycles. The minimum absolute atomic E-state index is 0.157. The fourth-order valence-electron chi connectivity index (χ4n) is 1.75. The summed E-state index contributed by atoms with van der Waals surface area (Å²) in [7, 11) is 0. The number of tetrazole rings is 1. The molecule has 0 aliphatic rings. The maximum Gasteiger partial charge on any atom is 0.178 e. The highest BCUT2D eigenvalue weighted by Crippen LogP contribution is 2.20. The first-order valence-corrected chi connectivity index (χ1v) is 5.65. The van der Waals surface area contributed by atoms with Crippen LogP contribution >= 0.6 is 0 Å². The van der Waals surface area contributed by atoms with E-state index in [-0.39, 0.29) is 11.9 Å². The van der Waals surface area contributed by atoms with E-state index in [4.69, 9.17) is 0 Å². The van der Waals surface area contributed by atoms with Gasteiger partial charge in [-0.15, -0.1) is 5.10 Å². The molecule has 0 amide bonds. The molecule has 0 spiro atoms. The average molecular weight is 298 g/mol. The standard InChI is InChI=1S/C11H6F4N6/c12-7-3-8(13)11(15)6(10(7)14)4-20-2-1-9(17-20)21-5-16-18-19-21/h1-3,5H,4H2. The van der Waals surface area contributed by atoms with Gasteiger partial charge in [-0.1, -0.05) is 0 Å². The molecule has 10 heteroatoms. The monoisotopic (exact) mass is 298 g/mol. The van der Waals surface area contributed by atoms with E-state index in [1.54, 1.807) is 0 Å². The molecule has 0 aliphatic carbocycles. The maximum absolute atomic E-state index is 13.5. The first kappa shape index (κ1) is 13.2. The van der Waals surface area contributed by atoms with Gasteiger partial charge in [-0.3, -0.25) is 4.68 Å². The first-order valence-electron chi connectivity index (χ1n) is 5.65. The molecule has 3 rings (SSSR count). The number of hydrogen-bond donors (Lipinski definition) is 0. The van der Waals surface area contributed by atoms with Crippen LogP contribution in [0.2, 0.25) is 0 Å². The van der Waals surface area contributed by atoms with Gasteiger partial charge in [-0.05, 0) is 10.4 Å². The Bertz CT molecular complexity index is 756. The van der Waals surface area contributed by atoms with Gasteiger partial charge in [-0.2, -0.15) is 9.78 Å². The van der Waals surface area contributed by atoms with Gasteiger partial charge in [0.15, 0.2) is 29.1 Å². The summed E-state index contributed by atoms with van der Waals surface area (Å²) in [6.45, 7) is -0.478. The molecule has 0 radical (unpaired) electrons. The third-order valence-electron chi connectivity index (χ3n) is 2.73. The van der Waals surface area contributed by atoms with Gasteiger partial charge in [0.2, 0.25) is 0 Å². The van der Waals surface area contributed by atoms with Gasteiger partial charge in [0.25, 0.3) is 0 Å². The second-order valence-electron chi connectivity index (χ2n) is 4.07. The zero-order valence-corrected chi connectivity index (χ0v) is 10.2. The predicted molar refractivity (Wildman–Crippen MR) is 60.3 cm³/mol. The molecular formula is C11H6F4N6. The molecule has 0 unspecified atom stereocenters. The molecule has 0 aliphatic heterocycles. The fourth-order valence-corrected chi connectivity index (χ4v) is 1.75. The largest absolute Gasteiger partial charge is 0.266 e. The molecular weight excluding hydrogens is 292 g/mol. The Morgan fingerprint density at radius 3 is 2.38 bits per heavy atom. The number of halogens is 4. The van der Waals surface area contributed by atoms with Crippen molar-refractivity contribution in [3.63, 3.8) is 0 Å². The summed E-state index contributed by atoms with van der Waals surface area (Å²) in [5, 5.41) is 14.3. The smallest absolute Gasteiger partial charge is 0.178 e. The van der Waals surface area contributed by atoms with Crippen LogP contribution in [0.1, 0.15) is 5.56 Å².